The molecule has 0 saturated heterocycles. The van der Waals surface area contributed by atoms with Crippen molar-refractivity contribution in [3.05, 3.63) is 18.2 Å². The van der Waals surface area contributed by atoms with Gasteiger partial charge in [0.05, 0.1) is 11.0 Å². The highest BCUT2D eigenvalue weighted by molar-refractivity contribution is 6.66. The maximum atomic E-state index is 6.32. The van der Waals surface area contributed by atoms with Crippen molar-refractivity contribution in [3.63, 3.8) is 0 Å². The van der Waals surface area contributed by atoms with Crippen molar-refractivity contribution in [2.75, 3.05) is 12.4 Å². The molecular weight excluding hydrogens is 263 g/mol. The maximum absolute atomic E-state index is 6.32. The molecule has 0 aliphatic rings. The lowest BCUT2D eigenvalue weighted by Crippen LogP contribution is -2.46. The highest BCUT2D eigenvalue weighted by Crippen LogP contribution is 2.33. The molecule has 4 nitrogen and oxygen atoms in total. The number of benzene rings is 1. The second kappa shape index (κ2) is 5.37. The summed E-state index contributed by atoms with van der Waals surface area (Å²) in [5.41, 5.74) is 1.76. The van der Waals surface area contributed by atoms with Crippen molar-refractivity contribution in [2.45, 2.75) is 47.0 Å². The molecule has 0 radical (unpaired) electrons. The van der Waals surface area contributed by atoms with E-state index in [1.165, 1.54) is 0 Å². The molecule has 21 heavy (non-hydrogen) atoms. The van der Waals surface area contributed by atoms with Gasteiger partial charge in [0, 0.05) is 7.05 Å². The summed E-state index contributed by atoms with van der Waals surface area (Å²) < 4.78 is 11.6. The molecule has 1 N–H and O–H groups in total. The van der Waals surface area contributed by atoms with Crippen LogP contribution in [-0.2, 0) is 4.65 Å². The second-order valence-corrected chi connectivity index (χ2v) is 7.06. The Kier molecular flexibility index (Phi) is 4.07. The average molecular weight is 288 g/mol. The largest absolute Gasteiger partial charge is 0.426 e. The van der Waals surface area contributed by atoms with Gasteiger partial charge in [0.25, 0.3) is 0 Å². The number of fused-ring (bicyclic) bond motifs is 1. The van der Waals surface area contributed by atoms with E-state index in [2.05, 4.69) is 58.0 Å². The van der Waals surface area contributed by atoms with E-state index >= 15 is 0 Å². The number of hydrogen-bond acceptors (Lipinski definition) is 4. The van der Waals surface area contributed by atoms with Crippen molar-refractivity contribution < 1.29 is 9.18 Å². The van der Waals surface area contributed by atoms with Crippen LogP contribution in [0.15, 0.2) is 22.7 Å². The minimum absolute atomic E-state index is 0.00299. The maximum Gasteiger partial charge on any atom is 0.324 e. The summed E-state index contributed by atoms with van der Waals surface area (Å²) >= 11 is 0. The third kappa shape index (κ3) is 3.08. The van der Waals surface area contributed by atoms with Crippen LogP contribution in [0.3, 0.4) is 0 Å². The van der Waals surface area contributed by atoms with Gasteiger partial charge in [0.2, 0.25) is 0 Å². The summed E-state index contributed by atoms with van der Waals surface area (Å²) in [5, 5.41) is 8.03. The molecule has 2 aromatic rings. The Hall–Kier alpha value is -1.49. The molecule has 0 aliphatic heterocycles. The minimum Gasteiger partial charge on any atom is -0.426 e. The lowest BCUT2D eigenvalue weighted by Gasteiger charge is -2.40. The van der Waals surface area contributed by atoms with Gasteiger partial charge in [-0.05, 0) is 30.8 Å². The Morgan fingerprint density at radius 1 is 1.19 bits per heavy atom. The normalized spacial score (nSPS) is 12.7. The molecule has 0 unspecified atom stereocenters. The summed E-state index contributed by atoms with van der Waals surface area (Å²) in [6.07, 6.45) is 0. The molecule has 114 valence electrons. The van der Waals surface area contributed by atoms with Gasteiger partial charge < -0.3 is 14.5 Å². The second-order valence-electron chi connectivity index (χ2n) is 7.06. The van der Waals surface area contributed by atoms with Crippen molar-refractivity contribution in [3.8, 4) is 0 Å². The number of aromatic nitrogens is 1. The zero-order valence-electron chi connectivity index (χ0n) is 14.1. The highest BCUT2D eigenvalue weighted by atomic mass is 16.5. The number of nitrogens with one attached hydrogen (secondary N) is 1. The molecule has 0 saturated carbocycles. The number of anilines is 1. The molecule has 5 heteroatoms. The first-order valence-corrected chi connectivity index (χ1v) is 7.40. The third-order valence-corrected chi connectivity index (χ3v) is 4.48. The van der Waals surface area contributed by atoms with Gasteiger partial charge in [-0.15, -0.1) is 0 Å². The Morgan fingerprint density at radius 2 is 1.86 bits per heavy atom. The van der Waals surface area contributed by atoms with Gasteiger partial charge in [-0.25, -0.2) is 0 Å². The van der Waals surface area contributed by atoms with Gasteiger partial charge in [-0.3, -0.25) is 0 Å². The third-order valence-electron chi connectivity index (χ3n) is 4.48. The number of rotatable bonds is 4. The lowest BCUT2D eigenvalue weighted by molar-refractivity contribution is 0.000454. The Bertz CT molecular complexity index is 629. The van der Waals surface area contributed by atoms with E-state index in [0.717, 1.165) is 22.2 Å². The molecule has 0 spiro atoms. The smallest absolute Gasteiger partial charge is 0.324 e. The Morgan fingerprint density at radius 3 is 2.43 bits per heavy atom. The van der Waals surface area contributed by atoms with E-state index in [0.29, 0.717) is 0 Å². The van der Waals surface area contributed by atoms with Crippen LogP contribution in [0.5, 0.6) is 0 Å². The van der Waals surface area contributed by atoms with Crippen LogP contribution in [0.1, 0.15) is 34.6 Å². The van der Waals surface area contributed by atoms with Crippen LogP contribution in [0.4, 0.5) is 5.82 Å². The van der Waals surface area contributed by atoms with E-state index in [4.69, 9.17) is 9.18 Å². The fraction of sp³-hybridized carbons (Fsp3) is 0.562. The molecule has 0 atom stereocenters. The van der Waals surface area contributed by atoms with Crippen LogP contribution in [0.25, 0.3) is 11.0 Å². The summed E-state index contributed by atoms with van der Waals surface area (Å²) in [5.74, 6) is 0.758. The van der Waals surface area contributed by atoms with Crippen molar-refractivity contribution >= 4 is 29.2 Å². The van der Waals surface area contributed by atoms with E-state index in [1.807, 2.05) is 19.2 Å². The zero-order valence-corrected chi connectivity index (χ0v) is 14.1. The van der Waals surface area contributed by atoms with Gasteiger partial charge in [0.15, 0.2) is 11.4 Å². The van der Waals surface area contributed by atoms with Gasteiger partial charge >= 0.3 is 6.92 Å². The zero-order chi connectivity index (χ0) is 15.8. The standard InChI is InChI=1S/C16H25BN2O2/c1-15(2,3)16(4,5)21-17(6)11-8-9-13-12(10-11)14(18-7)19-20-13/h8-10H,1-7H3,(H,18,19). The number of hydrogen-bond donors (Lipinski definition) is 1. The Labute approximate surface area is 127 Å². The summed E-state index contributed by atoms with van der Waals surface area (Å²) in [4.78, 5) is 0. The number of nitrogens with zero attached hydrogens (tertiary/aromatic N) is 1. The van der Waals surface area contributed by atoms with E-state index in [9.17, 15) is 0 Å². The molecule has 0 fully saturated rings. The lowest BCUT2D eigenvalue weighted by atomic mass is 9.61. The summed E-state index contributed by atoms with van der Waals surface area (Å²) in [6.45, 7) is 13.0. The van der Waals surface area contributed by atoms with Crippen LogP contribution in [-0.4, -0.2) is 24.7 Å². The molecule has 0 aliphatic carbocycles. The van der Waals surface area contributed by atoms with Crippen LogP contribution < -0.4 is 10.8 Å². The quantitative estimate of drug-likeness (QED) is 0.874. The highest BCUT2D eigenvalue weighted by Gasteiger charge is 2.36. The van der Waals surface area contributed by atoms with Crippen LogP contribution in [0, 0.1) is 5.41 Å². The van der Waals surface area contributed by atoms with Crippen molar-refractivity contribution in [2.24, 2.45) is 5.41 Å². The van der Waals surface area contributed by atoms with Crippen LogP contribution >= 0.6 is 0 Å². The molecule has 1 aromatic carbocycles. The first-order valence-electron chi connectivity index (χ1n) is 7.40. The molecule has 1 heterocycles. The predicted molar refractivity (Wildman–Crippen MR) is 89.4 cm³/mol. The molecular formula is C16H25BN2O2. The molecule has 0 bridgehead atoms. The predicted octanol–water partition coefficient (Wildman–Crippen LogP) is 3.54. The fourth-order valence-electron chi connectivity index (χ4n) is 2.08. The van der Waals surface area contributed by atoms with Crippen molar-refractivity contribution in [1.29, 1.82) is 0 Å². The monoisotopic (exact) mass is 288 g/mol. The molecule has 2 rings (SSSR count). The van der Waals surface area contributed by atoms with E-state index < -0.39 is 0 Å². The van der Waals surface area contributed by atoms with Crippen molar-refractivity contribution in [1.82, 2.24) is 5.16 Å². The van der Waals surface area contributed by atoms with Gasteiger partial charge in [-0.2, -0.15) is 0 Å². The SMILES string of the molecule is CNc1noc2ccc(B(C)OC(C)(C)C(C)(C)C)cc12. The average Bonchev–Trinajstić information content (AvgIpc) is 2.78. The fourth-order valence-corrected chi connectivity index (χ4v) is 2.08. The van der Waals surface area contributed by atoms with Crippen LogP contribution in [0.2, 0.25) is 6.82 Å². The van der Waals surface area contributed by atoms with E-state index in [1.54, 1.807) is 0 Å². The Balaban J connectivity index is 2.29. The minimum atomic E-state index is -0.220. The molecule has 1 aromatic heterocycles. The van der Waals surface area contributed by atoms with Gasteiger partial charge in [-0.1, -0.05) is 44.9 Å². The summed E-state index contributed by atoms with van der Waals surface area (Å²) in [7, 11) is 1.84. The summed E-state index contributed by atoms with van der Waals surface area (Å²) in [6, 6.07) is 6.07. The van der Waals surface area contributed by atoms with Gasteiger partial charge in [0.1, 0.15) is 0 Å². The first-order chi connectivity index (χ1) is 9.65. The van der Waals surface area contributed by atoms with E-state index in [-0.39, 0.29) is 17.9 Å². The topological polar surface area (TPSA) is 47.3 Å². The first kappa shape index (κ1) is 15.9. The molecule has 0 amide bonds.